The van der Waals surface area contributed by atoms with E-state index in [-0.39, 0.29) is 6.03 Å². The first kappa shape index (κ1) is 19.3. The third-order valence-corrected chi connectivity index (χ3v) is 5.33. The number of nitrogen functional groups attached to an aromatic ring is 1. The minimum absolute atomic E-state index is 0.0729. The highest BCUT2D eigenvalue weighted by molar-refractivity contribution is 5.91. The number of carbonyl (C=O) groups excluding carboxylic acids is 1. The van der Waals surface area contributed by atoms with Gasteiger partial charge in [0.25, 0.3) is 0 Å². The summed E-state index contributed by atoms with van der Waals surface area (Å²) in [4.78, 5) is 27.6. The summed E-state index contributed by atoms with van der Waals surface area (Å²) in [6.07, 6.45) is 0. The molecular formula is C19H26N6O4. The molecule has 2 saturated heterocycles. The maximum Gasteiger partial charge on any atom is 0.320 e. The number of hydrogen-bond donors (Lipinski definition) is 1. The van der Waals surface area contributed by atoms with E-state index in [0.29, 0.717) is 86.7 Å². The van der Waals surface area contributed by atoms with Crippen LogP contribution in [0.3, 0.4) is 0 Å². The van der Waals surface area contributed by atoms with Crippen LogP contribution in [0.25, 0.3) is 10.9 Å². The number of morpholine rings is 1. The molecule has 10 heteroatoms. The van der Waals surface area contributed by atoms with E-state index in [4.69, 9.17) is 19.9 Å². The number of amides is 2. The van der Waals surface area contributed by atoms with Crippen LogP contribution in [0.2, 0.25) is 0 Å². The molecule has 0 aliphatic carbocycles. The van der Waals surface area contributed by atoms with E-state index in [9.17, 15) is 4.79 Å². The van der Waals surface area contributed by atoms with Gasteiger partial charge in [0.05, 0.1) is 33.0 Å². The number of methoxy groups -OCH3 is 2. The van der Waals surface area contributed by atoms with Gasteiger partial charge >= 0.3 is 6.03 Å². The van der Waals surface area contributed by atoms with Gasteiger partial charge in [-0.2, -0.15) is 4.98 Å². The normalized spacial score (nSPS) is 17.5. The average Bonchev–Trinajstić information content (AvgIpc) is 2.78. The van der Waals surface area contributed by atoms with Gasteiger partial charge < -0.3 is 34.6 Å². The minimum Gasteiger partial charge on any atom is -0.493 e. The second kappa shape index (κ2) is 8.16. The van der Waals surface area contributed by atoms with E-state index in [1.165, 1.54) is 0 Å². The van der Waals surface area contributed by atoms with Crippen LogP contribution >= 0.6 is 0 Å². The molecular weight excluding hydrogens is 376 g/mol. The van der Waals surface area contributed by atoms with Crippen molar-refractivity contribution in [2.24, 2.45) is 0 Å². The standard InChI is InChI=1S/C19H26N6O4/c1-27-15-11-13-14(12-16(15)28-2)21-18(22-17(13)20)23-3-5-24(6-4-23)19(26)25-7-9-29-10-8-25/h11-12H,3-10H2,1-2H3,(H2,20,21,22). The molecule has 2 aliphatic rings. The molecule has 0 bridgehead atoms. The highest BCUT2D eigenvalue weighted by Crippen LogP contribution is 2.34. The molecule has 29 heavy (non-hydrogen) atoms. The van der Waals surface area contributed by atoms with E-state index in [2.05, 4.69) is 14.9 Å². The highest BCUT2D eigenvalue weighted by Gasteiger charge is 2.27. The Morgan fingerprint density at radius 3 is 2.24 bits per heavy atom. The zero-order valence-corrected chi connectivity index (χ0v) is 16.8. The van der Waals surface area contributed by atoms with Crippen molar-refractivity contribution in [1.29, 1.82) is 0 Å². The van der Waals surface area contributed by atoms with Gasteiger partial charge in [-0.05, 0) is 6.07 Å². The number of fused-ring (bicyclic) bond motifs is 1. The second-order valence-electron chi connectivity index (χ2n) is 6.99. The molecule has 156 valence electrons. The average molecular weight is 402 g/mol. The summed E-state index contributed by atoms with van der Waals surface area (Å²) < 4.78 is 16.0. The molecule has 0 unspecified atom stereocenters. The maximum absolute atomic E-state index is 12.7. The molecule has 2 amide bonds. The zero-order chi connectivity index (χ0) is 20.4. The Kier molecular flexibility index (Phi) is 5.43. The number of rotatable bonds is 3. The number of nitrogens with two attached hydrogens (primary N) is 1. The van der Waals surface area contributed by atoms with Crippen molar-refractivity contribution < 1.29 is 19.0 Å². The van der Waals surface area contributed by atoms with Gasteiger partial charge in [0.2, 0.25) is 5.95 Å². The van der Waals surface area contributed by atoms with Gasteiger partial charge in [-0.1, -0.05) is 0 Å². The van der Waals surface area contributed by atoms with Crippen molar-refractivity contribution in [3.63, 3.8) is 0 Å². The Morgan fingerprint density at radius 2 is 1.59 bits per heavy atom. The molecule has 0 atom stereocenters. The molecule has 0 spiro atoms. The fourth-order valence-electron chi connectivity index (χ4n) is 3.66. The Balaban J connectivity index is 1.50. The van der Waals surface area contributed by atoms with E-state index >= 15 is 0 Å². The van der Waals surface area contributed by atoms with Gasteiger partial charge in [0.1, 0.15) is 5.82 Å². The lowest BCUT2D eigenvalue weighted by atomic mass is 10.2. The van der Waals surface area contributed by atoms with Crippen LogP contribution in [0.15, 0.2) is 12.1 Å². The van der Waals surface area contributed by atoms with Gasteiger partial charge in [0.15, 0.2) is 11.5 Å². The van der Waals surface area contributed by atoms with Crippen LogP contribution in [0.1, 0.15) is 0 Å². The van der Waals surface area contributed by atoms with Crippen LogP contribution in [-0.2, 0) is 4.74 Å². The molecule has 0 saturated carbocycles. The second-order valence-corrected chi connectivity index (χ2v) is 6.99. The quantitative estimate of drug-likeness (QED) is 0.804. The molecule has 2 fully saturated rings. The summed E-state index contributed by atoms with van der Waals surface area (Å²) >= 11 is 0. The van der Waals surface area contributed by atoms with E-state index in [1.54, 1.807) is 26.4 Å². The SMILES string of the molecule is COc1cc2nc(N3CCN(C(=O)N4CCOCC4)CC3)nc(N)c2cc1OC. The number of anilines is 2. The third-order valence-electron chi connectivity index (χ3n) is 5.33. The van der Waals surface area contributed by atoms with E-state index in [0.717, 1.165) is 0 Å². The number of benzene rings is 1. The Hall–Kier alpha value is -3.01. The van der Waals surface area contributed by atoms with E-state index < -0.39 is 0 Å². The lowest BCUT2D eigenvalue weighted by Crippen LogP contribution is -2.55. The minimum atomic E-state index is 0.0729. The molecule has 4 rings (SSSR count). The number of nitrogens with zero attached hydrogens (tertiary/aromatic N) is 5. The van der Waals surface area contributed by atoms with Crippen LogP contribution < -0.4 is 20.1 Å². The largest absolute Gasteiger partial charge is 0.493 e. The summed E-state index contributed by atoms with van der Waals surface area (Å²) in [7, 11) is 3.16. The molecule has 10 nitrogen and oxygen atoms in total. The van der Waals surface area contributed by atoms with Gasteiger partial charge in [-0.3, -0.25) is 0 Å². The number of hydrogen-bond acceptors (Lipinski definition) is 8. The lowest BCUT2D eigenvalue weighted by molar-refractivity contribution is 0.0428. The van der Waals surface area contributed by atoms with Crippen molar-refractivity contribution in [2.45, 2.75) is 0 Å². The zero-order valence-electron chi connectivity index (χ0n) is 16.8. The number of urea groups is 1. The number of ether oxygens (including phenoxy) is 3. The maximum atomic E-state index is 12.7. The number of aromatic nitrogens is 2. The first-order valence-corrected chi connectivity index (χ1v) is 9.66. The van der Waals surface area contributed by atoms with Crippen molar-refractivity contribution in [2.75, 3.05) is 77.3 Å². The first-order valence-electron chi connectivity index (χ1n) is 9.66. The van der Waals surface area contributed by atoms with Gasteiger partial charge in [-0.25, -0.2) is 9.78 Å². The monoisotopic (exact) mass is 402 g/mol. The summed E-state index contributed by atoms with van der Waals surface area (Å²) in [5, 5.41) is 0.715. The van der Waals surface area contributed by atoms with Crippen LogP contribution in [0.4, 0.5) is 16.6 Å². The van der Waals surface area contributed by atoms with Crippen molar-refractivity contribution in [3.05, 3.63) is 12.1 Å². The van der Waals surface area contributed by atoms with Crippen molar-refractivity contribution in [3.8, 4) is 11.5 Å². The smallest absolute Gasteiger partial charge is 0.320 e. The fourth-order valence-corrected chi connectivity index (χ4v) is 3.66. The molecule has 2 aliphatic heterocycles. The summed E-state index contributed by atoms with van der Waals surface area (Å²) in [6.45, 7) is 5.02. The summed E-state index contributed by atoms with van der Waals surface area (Å²) in [5.41, 5.74) is 6.89. The van der Waals surface area contributed by atoms with Gasteiger partial charge in [0, 0.05) is 50.7 Å². The molecule has 2 aromatic rings. The van der Waals surface area contributed by atoms with Crippen molar-refractivity contribution >= 4 is 28.7 Å². The summed E-state index contributed by atoms with van der Waals surface area (Å²) in [5.74, 6) is 2.11. The van der Waals surface area contributed by atoms with Gasteiger partial charge in [-0.15, -0.1) is 0 Å². The topological polar surface area (TPSA) is 106 Å². The lowest BCUT2D eigenvalue weighted by Gasteiger charge is -2.38. The third kappa shape index (κ3) is 3.80. The summed E-state index contributed by atoms with van der Waals surface area (Å²) in [6, 6.07) is 3.66. The highest BCUT2D eigenvalue weighted by atomic mass is 16.5. The van der Waals surface area contributed by atoms with Crippen LogP contribution in [0.5, 0.6) is 11.5 Å². The fraction of sp³-hybridized carbons (Fsp3) is 0.526. The molecule has 2 N–H and O–H groups in total. The Labute approximate surface area is 169 Å². The van der Waals surface area contributed by atoms with Crippen LogP contribution in [0, 0.1) is 0 Å². The Morgan fingerprint density at radius 1 is 0.966 bits per heavy atom. The first-order chi connectivity index (χ1) is 14.1. The predicted octanol–water partition coefficient (Wildman–Crippen LogP) is 0.803. The van der Waals surface area contributed by atoms with E-state index in [1.807, 2.05) is 9.80 Å². The molecule has 0 radical (unpaired) electrons. The molecule has 1 aromatic carbocycles. The molecule has 3 heterocycles. The van der Waals surface area contributed by atoms with Crippen LogP contribution in [-0.4, -0.2) is 92.5 Å². The Bertz CT molecular complexity index is 894. The van der Waals surface area contributed by atoms with Crippen molar-refractivity contribution in [1.82, 2.24) is 19.8 Å². The number of piperazine rings is 1. The number of carbonyl (C=O) groups is 1. The molecule has 1 aromatic heterocycles. The predicted molar refractivity (Wildman–Crippen MR) is 109 cm³/mol.